The van der Waals surface area contributed by atoms with E-state index in [-0.39, 0.29) is 5.82 Å². The Morgan fingerprint density at radius 3 is 2.63 bits per heavy atom. The molecule has 5 heteroatoms. The molecule has 1 N–H and O–H groups in total. The normalized spacial score (nSPS) is 17.4. The van der Waals surface area contributed by atoms with Gasteiger partial charge in [-0.25, -0.2) is 4.39 Å². The maximum Gasteiger partial charge on any atom is 0.170 e. The maximum atomic E-state index is 13.2. The summed E-state index contributed by atoms with van der Waals surface area (Å²) < 4.78 is 18.5. The minimum Gasteiger partial charge on any atom is -0.385 e. The van der Waals surface area contributed by atoms with Crippen LogP contribution in [0.2, 0.25) is 0 Å². The first-order valence-corrected chi connectivity index (χ1v) is 9.59. The number of benzene rings is 2. The van der Waals surface area contributed by atoms with Gasteiger partial charge in [-0.15, -0.1) is 0 Å². The first-order chi connectivity index (χ1) is 13.0. The lowest BCUT2D eigenvalue weighted by molar-refractivity contribution is -0.0260. The van der Waals surface area contributed by atoms with Crippen LogP contribution >= 0.6 is 0 Å². The highest BCUT2D eigenvalue weighted by Gasteiger charge is 2.33. The van der Waals surface area contributed by atoms with E-state index in [1.165, 1.54) is 17.7 Å². The van der Waals surface area contributed by atoms with Gasteiger partial charge in [-0.1, -0.05) is 35.0 Å². The lowest BCUT2D eigenvalue weighted by Gasteiger charge is -2.38. The summed E-state index contributed by atoms with van der Waals surface area (Å²) in [7, 11) is 0. The summed E-state index contributed by atoms with van der Waals surface area (Å²) in [4.78, 5) is 2.39. The van der Waals surface area contributed by atoms with Crippen LogP contribution in [-0.2, 0) is 12.0 Å². The zero-order valence-electron chi connectivity index (χ0n) is 15.6. The van der Waals surface area contributed by atoms with E-state index in [0.29, 0.717) is 5.58 Å². The molecule has 0 radical (unpaired) electrons. The van der Waals surface area contributed by atoms with Crippen molar-refractivity contribution in [2.75, 3.05) is 19.6 Å². The van der Waals surface area contributed by atoms with Crippen molar-refractivity contribution in [3.05, 3.63) is 65.1 Å². The van der Waals surface area contributed by atoms with Gasteiger partial charge in [0.15, 0.2) is 5.58 Å². The Morgan fingerprint density at radius 2 is 1.89 bits per heavy atom. The van der Waals surface area contributed by atoms with Gasteiger partial charge in [0.2, 0.25) is 0 Å². The van der Waals surface area contributed by atoms with Crippen molar-refractivity contribution < 1.29 is 14.0 Å². The molecule has 0 unspecified atom stereocenters. The maximum absolute atomic E-state index is 13.2. The predicted molar refractivity (Wildman–Crippen MR) is 103 cm³/mol. The van der Waals surface area contributed by atoms with E-state index in [1.54, 1.807) is 6.07 Å². The molecule has 0 saturated carbocycles. The van der Waals surface area contributed by atoms with Gasteiger partial charge < -0.3 is 14.5 Å². The van der Waals surface area contributed by atoms with Crippen molar-refractivity contribution in [3.8, 4) is 0 Å². The largest absolute Gasteiger partial charge is 0.385 e. The number of hydrogen-bond donors (Lipinski definition) is 1. The van der Waals surface area contributed by atoms with Gasteiger partial charge in [-0.2, -0.15) is 0 Å². The number of aliphatic hydroxyl groups is 1. The van der Waals surface area contributed by atoms with Crippen LogP contribution in [0.5, 0.6) is 0 Å². The van der Waals surface area contributed by atoms with Crippen LogP contribution in [0.1, 0.15) is 36.1 Å². The van der Waals surface area contributed by atoms with Gasteiger partial charge in [0.05, 0.1) is 11.3 Å². The second-order valence-electron chi connectivity index (χ2n) is 7.61. The van der Waals surface area contributed by atoms with Gasteiger partial charge in [0.1, 0.15) is 5.82 Å². The molecule has 1 saturated heterocycles. The van der Waals surface area contributed by atoms with E-state index in [4.69, 9.17) is 4.52 Å². The molecule has 1 aliphatic heterocycles. The highest BCUT2D eigenvalue weighted by molar-refractivity contribution is 5.79. The number of halogens is 1. The topological polar surface area (TPSA) is 49.5 Å². The lowest BCUT2D eigenvalue weighted by Crippen LogP contribution is -2.42. The molecular weight excluding hydrogens is 343 g/mol. The lowest BCUT2D eigenvalue weighted by atomic mass is 9.84. The molecule has 1 aromatic heterocycles. The molecule has 0 bridgehead atoms. The van der Waals surface area contributed by atoms with E-state index in [9.17, 15) is 9.50 Å². The highest BCUT2D eigenvalue weighted by Crippen LogP contribution is 2.33. The van der Waals surface area contributed by atoms with Gasteiger partial charge in [-0.3, -0.25) is 0 Å². The van der Waals surface area contributed by atoms with Crippen LogP contribution < -0.4 is 0 Å². The van der Waals surface area contributed by atoms with Crippen molar-refractivity contribution in [1.82, 2.24) is 10.1 Å². The number of rotatable bonds is 5. The average Bonchev–Trinajstić information content (AvgIpc) is 3.06. The third-order valence-corrected chi connectivity index (χ3v) is 5.67. The van der Waals surface area contributed by atoms with Crippen LogP contribution in [0.25, 0.3) is 11.0 Å². The molecule has 0 amide bonds. The van der Waals surface area contributed by atoms with Crippen LogP contribution in [-0.4, -0.2) is 34.8 Å². The molecule has 142 valence electrons. The molecule has 1 aliphatic rings. The number of fused-ring (bicyclic) bond motifs is 1. The van der Waals surface area contributed by atoms with E-state index in [1.807, 2.05) is 12.1 Å². The van der Waals surface area contributed by atoms with Crippen molar-refractivity contribution in [3.63, 3.8) is 0 Å². The molecule has 0 aliphatic carbocycles. The van der Waals surface area contributed by atoms with E-state index < -0.39 is 5.60 Å². The van der Waals surface area contributed by atoms with E-state index in [2.05, 4.69) is 29.1 Å². The standard InChI is InChI=1S/C22H25FN2O2/c1-16-4-6-17(7-5-16)22(26)10-13-25(14-11-22)12-2-3-20-19-9-8-18(23)15-21(19)27-24-20/h4-9,15,26H,2-3,10-14H2,1H3. The van der Waals surface area contributed by atoms with E-state index >= 15 is 0 Å². The van der Waals surface area contributed by atoms with Crippen LogP contribution in [0.3, 0.4) is 0 Å². The van der Waals surface area contributed by atoms with Gasteiger partial charge in [0, 0.05) is 24.5 Å². The summed E-state index contributed by atoms with van der Waals surface area (Å²) in [5.74, 6) is -0.306. The Labute approximate surface area is 158 Å². The minimum atomic E-state index is -0.712. The monoisotopic (exact) mass is 368 g/mol. The molecule has 2 heterocycles. The number of aryl methyl sites for hydroxylation is 2. The minimum absolute atomic E-state index is 0.306. The summed E-state index contributed by atoms with van der Waals surface area (Å²) in [6.45, 7) is 4.79. The van der Waals surface area contributed by atoms with E-state index in [0.717, 1.165) is 62.0 Å². The Morgan fingerprint density at radius 1 is 1.15 bits per heavy atom. The van der Waals surface area contributed by atoms with Gasteiger partial charge >= 0.3 is 0 Å². The summed E-state index contributed by atoms with van der Waals surface area (Å²) in [6, 6.07) is 12.8. The predicted octanol–water partition coefficient (Wildman–Crippen LogP) is 4.19. The molecule has 3 aromatic rings. The van der Waals surface area contributed by atoms with Crippen molar-refractivity contribution in [2.24, 2.45) is 0 Å². The molecule has 4 nitrogen and oxygen atoms in total. The van der Waals surface area contributed by atoms with Crippen LogP contribution in [0.15, 0.2) is 47.0 Å². The fourth-order valence-corrected chi connectivity index (χ4v) is 3.91. The molecule has 4 rings (SSSR count). The second kappa shape index (κ2) is 7.41. The summed E-state index contributed by atoms with van der Waals surface area (Å²) in [5.41, 5.74) is 2.91. The van der Waals surface area contributed by atoms with Gasteiger partial charge in [0.25, 0.3) is 0 Å². The SMILES string of the molecule is Cc1ccc(C2(O)CCN(CCCc3noc4cc(F)ccc34)CC2)cc1. The fourth-order valence-electron chi connectivity index (χ4n) is 3.91. The van der Waals surface area contributed by atoms with Crippen LogP contribution in [0.4, 0.5) is 4.39 Å². The third-order valence-electron chi connectivity index (χ3n) is 5.67. The molecule has 2 aromatic carbocycles. The third kappa shape index (κ3) is 3.89. The second-order valence-corrected chi connectivity index (χ2v) is 7.61. The first kappa shape index (κ1) is 18.1. The number of likely N-dealkylation sites (tertiary alicyclic amines) is 1. The van der Waals surface area contributed by atoms with Crippen LogP contribution in [0, 0.1) is 12.7 Å². The highest BCUT2D eigenvalue weighted by atomic mass is 19.1. The Bertz CT molecular complexity index is 912. The zero-order chi connectivity index (χ0) is 18.9. The zero-order valence-corrected chi connectivity index (χ0v) is 15.6. The summed E-state index contributed by atoms with van der Waals surface area (Å²) in [5, 5.41) is 16.0. The Hall–Kier alpha value is -2.24. The molecule has 27 heavy (non-hydrogen) atoms. The summed E-state index contributed by atoms with van der Waals surface area (Å²) in [6.07, 6.45) is 3.27. The Balaban J connectivity index is 1.30. The number of hydrogen-bond acceptors (Lipinski definition) is 4. The van der Waals surface area contributed by atoms with Crippen molar-refractivity contribution in [2.45, 2.75) is 38.2 Å². The summed E-state index contributed by atoms with van der Waals surface area (Å²) >= 11 is 0. The smallest absolute Gasteiger partial charge is 0.170 e. The van der Waals surface area contributed by atoms with Gasteiger partial charge in [-0.05, 0) is 56.8 Å². The first-order valence-electron chi connectivity index (χ1n) is 9.59. The number of aromatic nitrogens is 1. The fraction of sp³-hybridized carbons (Fsp3) is 0.409. The number of piperidine rings is 1. The van der Waals surface area contributed by atoms with Crippen molar-refractivity contribution >= 4 is 11.0 Å². The van der Waals surface area contributed by atoms with Crippen molar-refractivity contribution in [1.29, 1.82) is 0 Å². The molecular formula is C22H25FN2O2. The quantitative estimate of drug-likeness (QED) is 0.734. The Kier molecular flexibility index (Phi) is 4.98. The molecule has 0 atom stereocenters. The molecule has 1 fully saturated rings. The number of nitrogens with zero attached hydrogens (tertiary/aromatic N) is 2. The average molecular weight is 368 g/mol. The molecule has 0 spiro atoms.